The van der Waals surface area contributed by atoms with Crippen LogP contribution >= 0.6 is 39.1 Å². The van der Waals surface area contributed by atoms with E-state index in [4.69, 9.17) is 27.9 Å². The molecule has 8 nitrogen and oxygen atoms in total. The van der Waals surface area contributed by atoms with Crippen LogP contribution in [0.5, 0.6) is 5.75 Å². The number of amides is 2. The van der Waals surface area contributed by atoms with Crippen LogP contribution in [0.2, 0.25) is 10.0 Å². The van der Waals surface area contributed by atoms with Crippen molar-refractivity contribution in [3.05, 3.63) is 86.5 Å². The lowest BCUT2D eigenvalue weighted by molar-refractivity contribution is -0.124. The highest BCUT2D eigenvalue weighted by molar-refractivity contribution is 9.10. The summed E-state index contributed by atoms with van der Waals surface area (Å²) in [6.45, 7) is 1.78. The Hall–Kier alpha value is -3.14. The molecule has 2 amide bonds. The van der Waals surface area contributed by atoms with Gasteiger partial charge in [-0.05, 0) is 58.7 Å². The van der Waals surface area contributed by atoms with E-state index in [1.54, 1.807) is 43.7 Å². The van der Waals surface area contributed by atoms with Gasteiger partial charge in [0.05, 0.1) is 29.4 Å². The Balaban J connectivity index is 1.44. The van der Waals surface area contributed by atoms with Gasteiger partial charge in [-0.2, -0.15) is 0 Å². The Morgan fingerprint density at radius 1 is 1.19 bits per heavy atom. The molecular weight excluding hydrogens is 569 g/mol. The zero-order chi connectivity index (χ0) is 25.8. The van der Waals surface area contributed by atoms with Gasteiger partial charge in [0.15, 0.2) is 11.4 Å². The Labute approximate surface area is 226 Å². The van der Waals surface area contributed by atoms with Crippen molar-refractivity contribution < 1.29 is 14.3 Å². The van der Waals surface area contributed by atoms with Crippen molar-refractivity contribution in [3.63, 3.8) is 0 Å². The van der Waals surface area contributed by atoms with Crippen LogP contribution in [0.4, 0.5) is 5.69 Å². The number of fused-ring (bicyclic) bond motifs is 1. The molecule has 0 unspecified atom stereocenters. The predicted molar refractivity (Wildman–Crippen MR) is 143 cm³/mol. The van der Waals surface area contributed by atoms with Crippen molar-refractivity contribution in [1.82, 2.24) is 19.7 Å². The van der Waals surface area contributed by atoms with E-state index in [1.165, 1.54) is 4.90 Å². The van der Waals surface area contributed by atoms with E-state index in [-0.39, 0.29) is 36.4 Å². The Morgan fingerprint density at radius 2 is 2.00 bits per heavy atom. The lowest BCUT2D eigenvalue weighted by Crippen LogP contribution is -2.39. The van der Waals surface area contributed by atoms with E-state index in [0.29, 0.717) is 27.7 Å². The molecule has 0 fully saturated rings. The molecule has 1 aromatic carbocycles. The van der Waals surface area contributed by atoms with Gasteiger partial charge in [-0.25, -0.2) is 4.98 Å². The smallest absolute Gasteiger partial charge is 0.246 e. The second-order valence-corrected chi connectivity index (χ2v) is 9.51. The van der Waals surface area contributed by atoms with Gasteiger partial charge < -0.3 is 15.0 Å². The number of carbonyl (C=O) groups excluding carboxylic acids is 2. The van der Waals surface area contributed by atoms with E-state index in [1.807, 2.05) is 29.7 Å². The molecule has 0 saturated carbocycles. The number of pyridine rings is 2. The number of aromatic nitrogens is 3. The maximum Gasteiger partial charge on any atom is 0.246 e. The van der Waals surface area contributed by atoms with E-state index >= 15 is 0 Å². The lowest BCUT2D eigenvalue weighted by Gasteiger charge is -2.21. The number of benzene rings is 1. The lowest BCUT2D eigenvalue weighted by atomic mass is 10.2. The summed E-state index contributed by atoms with van der Waals surface area (Å²) in [5, 5.41) is 3.32. The molecule has 11 heteroatoms. The van der Waals surface area contributed by atoms with Gasteiger partial charge in [-0.3, -0.25) is 19.0 Å². The molecule has 0 bridgehead atoms. The number of rotatable bonds is 8. The fourth-order valence-electron chi connectivity index (χ4n) is 3.54. The molecule has 0 atom stereocenters. The standard InChI is InChI=1S/C25H22BrCl2N5O3/c1-15-24(26)33-10-4-6-20(25(33)31-15)36-14-17-18(27)7-8-19(23(17)28)32(2)22(35)13-30-21(34)11-16-5-3-9-29-12-16/h3-10,12H,11,13-14H2,1-2H3,(H,30,34). The molecule has 36 heavy (non-hydrogen) atoms. The molecule has 4 aromatic rings. The first-order valence-corrected chi connectivity index (χ1v) is 12.5. The fourth-order valence-corrected chi connectivity index (χ4v) is 4.53. The largest absolute Gasteiger partial charge is 0.485 e. The molecule has 1 N–H and O–H groups in total. The third kappa shape index (κ3) is 5.64. The van der Waals surface area contributed by atoms with Crippen LogP contribution in [-0.4, -0.2) is 39.8 Å². The predicted octanol–water partition coefficient (Wildman–Crippen LogP) is 5.01. The van der Waals surface area contributed by atoms with Crippen molar-refractivity contribution in [3.8, 4) is 5.75 Å². The maximum atomic E-state index is 12.8. The summed E-state index contributed by atoms with van der Waals surface area (Å²) in [4.78, 5) is 34.9. The molecule has 0 spiro atoms. The zero-order valence-electron chi connectivity index (χ0n) is 19.5. The summed E-state index contributed by atoms with van der Waals surface area (Å²) in [5.74, 6) is -0.0613. The summed E-state index contributed by atoms with van der Waals surface area (Å²) >= 11 is 16.6. The summed E-state index contributed by atoms with van der Waals surface area (Å²) in [7, 11) is 1.58. The first kappa shape index (κ1) is 25.9. The Morgan fingerprint density at radius 3 is 2.75 bits per heavy atom. The minimum atomic E-state index is -0.340. The van der Waals surface area contributed by atoms with Crippen LogP contribution in [0, 0.1) is 6.92 Å². The maximum absolute atomic E-state index is 12.8. The van der Waals surface area contributed by atoms with Gasteiger partial charge in [0.2, 0.25) is 11.8 Å². The van der Waals surface area contributed by atoms with Crippen molar-refractivity contribution in [1.29, 1.82) is 0 Å². The molecule has 0 saturated heterocycles. The van der Waals surface area contributed by atoms with Crippen LogP contribution in [0.1, 0.15) is 16.8 Å². The molecule has 0 aliphatic rings. The van der Waals surface area contributed by atoms with Crippen molar-refractivity contribution >= 4 is 62.3 Å². The second-order valence-electron chi connectivity index (χ2n) is 7.97. The summed E-state index contributed by atoms with van der Waals surface area (Å²) < 4.78 is 8.74. The number of hydrogen-bond donors (Lipinski definition) is 1. The van der Waals surface area contributed by atoms with Crippen molar-refractivity contribution in [2.75, 3.05) is 18.5 Å². The number of imidazole rings is 1. The highest BCUT2D eigenvalue weighted by Gasteiger charge is 2.20. The summed E-state index contributed by atoms with van der Waals surface area (Å²) in [5.41, 5.74) is 3.22. The van der Waals surface area contributed by atoms with E-state index in [9.17, 15) is 9.59 Å². The highest BCUT2D eigenvalue weighted by Crippen LogP contribution is 2.35. The zero-order valence-corrected chi connectivity index (χ0v) is 22.6. The summed E-state index contributed by atoms with van der Waals surface area (Å²) in [6.07, 6.45) is 5.25. The van der Waals surface area contributed by atoms with Gasteiger partial charge in [0.1, 0.15) is 11.2 Å². The van der Waals surface area contributed by atoms with Crippen LogP contribution in [0.15, 0.2) is 59.6 Å². The second kappa shape index (κ2) is 11.3. The van der Waals surface area contributed by atoms with Gasteiger partial charge in [-0.15, -0.1) is 0 Å². The quantitative estimate of drug-likeness (QED) is 0.312. The van der Waals surface area contributed by atoms with Gasteiger partial charge in [0.25, 0.3) is 0 Å². The minimum absolute atomic E-state index is 0.0680. The Bertz CT molecular complexity index is 1430. The van der Waals surface area contributed by atoms with E-state index in [2.05, 4.69) is 31.2 Å². The van der Waals surface area contributed by atoms with Crippen LogP contribution in [0.3, 0.4) is 0 Å². The van der Waals surface area contributed by atoms with E-state index in [0.717, 1.165) is 15.9 Å². The first-order valence-electron chi connectivity index (χ1n) is 10.9. The molecule has 0 radical (unpaired) electrons. The monoisotopic (exact) mass is 589 g/mol. The molecule has 3 aromatic heterocycles. The Kier molecular flexibility index (Phi) is 8.13. The number of halogens is 3. The molecule has 186 valence electrons. The minimum Gasteiger partial charge on any atom is -0.485 e. The summed E-state index contributed by atoms with van der Waals surface area (Å²) in [6, 6.07) is 10.5. The highest BCUT2D eigenvalue weighted by atomic mass is 79.9. The number of nitrogens with one attached hydrogen (secondary N) is 1. The molecular formula is C25H22BrCl2N5O3. The SMILES string of the molecule is Cc1nc2c(OCc3c(Cl)ccc(N(C)C(=O)CNC(=O)Cc4cccnc4)c3Cl)cccn2c1Br. The number of aryl methyl sites for hydroxylation is 1. The average Bonchev–Trinajstić information content (AvgIpc) is 3.16. The van der Waals surface area contributed by atoms with Gasteiger partial charge in [0, 0.05) is 36.2 Å². The van der Waals surface area contributed by atoms with Crippen LogP contribution in [-0.2, 0) is 22.6 Å². The molecule has 0 aliphatic carbocycles. The van der Waals surface area contributed by atoms with Gasteiger partial charge in [-0.1, -0.05) is 29.3 Å². The fraction of sp³-hybridized carbons (Fsp3) is 0.200. The average molecular weight is 591 g/mol. The number of nitrogens with zero attached hydrogens (tertiary/aromatic N) is 4. The third-order valence-electron chi connectivity index (χ3n) is 5.51. The van der Waals surface area contributed by atoms with Crippen LogP contribution < -0.4 is 15.0 Å². The number of carbonyl (C=O) groups is 2. The number of likely N-dealkylation sites (N-methyl/N-ethyl adjacent to an activating group) is 1. The molecule has 4 rings (SSSR count). The van der Waals surface area contributed by atoms with Crippen molar-refractivity contribution in [2.24, 2.45) is 0 Å². The first-order chi connectivity index (χ1) is 17.3. The van der Waals surface area contributed by atoms with Crippen molar-refractivity contribution in [2.45, 2.75) is 20.0 Å². The number of ether oxygens (including phenoxy) is 1. The molecule has 0 aliphatic heterocycles. The topological polar surface area (TPSA) is 88.8 Å². The normalized spacial score (nSPS) is 10.9. The third-order valence-corrected chi connectivity index (χ3v) is 7.24. The van der Waals surface area contributed by atoms with Crippen LogP contribution in [0.25, 0.3) is 5.65 Å². The number of hydrogen-bond acceptors (Lipinski definition) is 5. The van der Waals surface area contributed by atoms with E-state index < -0.39 is 0 Å². The molecule has 3 heterocycles. The van der Waals surface area contributed by atoms with Gasteiger partial charge >= 0.3 is 0 Å². The number of anilines is 1.